The number of piperidine rings is 1. The number of anilines is 1. The minimum atomic E-state index is -0.408. The molecule has 0 bridgehead atoms. The van der Waals surface area contributed by atoms with Gasteiger partial charge in [-0.15, -0.1) is 0 Å². The summed E-state index contributed by atoms with van der Waals surface area (Å²) in [4.78, 5) is 29.1. The van der Waals surface area contributed by atoms with Crippen LogP contribution in [0.1, 0.15) is 19.3 Å². The third-order valence-electron chi connectivity index (χ3n) is 5.33. The molecular weight excluding hydrogens is 334 g/mol. The highest BCUT2D eigenvalue weighted by Crippen LogP contribution is 2.32. The normalized spacial score (nSPS) is 21.0. The first-order valence-corrected chi connectivity index (χ1v) is 9.07. The van der Waals surface area contributed by atoms with E-state index >= 15 is 0 Å². The van der Waals surface area contributed by atoms with Gasteiger partial charge in [-0.2, -0.15) is 0 Å². The van der Waals surface area contributed by atoms with E-state index in [1.165, 1.54) is 0 Å². The van der Waals surface area contributed by atoms with Gasteiger partial charge in [0.05, 0.1) is 19.9 Å². The Hall–Kier alpha value is -2.28. The maximum absolute atomic E-state index is 13.0. The van der Waals surface area contributed by atoms with E-state index in [1.54, 1.807) is 37.1 Å². The Morgan fingerprint density at radius 2 is 1.73 bits per heavy atom. The Labute approximate surface area is 154 Å². The van der Waals surface area contributed by atoms with Gasteiger partial charge in [0.25, 0.3) is 0 Å². The molecule has 1 aromatic rings. The van der Waals surface area contributed by atoms with Crippen LogP contribution in [0.2, 0.25) is 0 Å². The van der Waals surface area contributed by atoms with E-state index in [0.29, 0.717) is 24.5 Å². The first-order valence-electron chi connectivity index (χ1n) is 9.07. The van der Waals surface area contributed by atoms with E-state index in [9.17, 15) is 9.59 Å². The zero-order valence-corrected chi connectivity index (χ0v) is 15.7. The highest BCUT2D eigenvalue weighted by Gasteiger charge is 2.39. The number of carbonyl (C=O) groups is 2. The predicted molar refractivity (Wildman–Crippen MR) is 98.7 cm³/mol. The number of rotatable bonds is 5. The Balaban J connectivity index is 1.74. The van der Waals surface area contributed by atoms with Gasteiger partial charge in [-0.25, -0.2) is 0 Å². The number of likely N-dealkylation sites (N-methyl/N-ethyl adjacent to an activating group) is 1. The van der Waals surface area contributed by atoms with Crippen molar-refractivity contribution in [2.75, 3.05) is 45.8 Å². The molecule has 2 heterocycles. The standard InChI is InChI=1S/C19H27N3O4/c1-21(18(23)13-4-7-20-8-5-13)17-6-9-22(19(17)24)14-10-15(25-2)12-16(11-14)26-3/h10-13,17,20H,4-9H2,1-3H3. The molecule has 3 rings (SSSR count). The lowest BCUT2D eigenvalue weighted by molar-refractivity contribution is -0.140. The van der Waals surface area contributed by atoms with Crippen LogP contribution in [0, 0.1) is 5.92 Å². The zero-order valence-electron chi connectivity index (χ0n) is 15.7. The predicted octanol–water partition coefficient (Wildman–Crippen LogP) is 1.27. The first kappa shape index (κ1) is 18.5. The van der Waals surface area contributed by atoms with Crippen molar-refractivity contribution in [1.29, 1.82) is 0 Å². The van der Waals surface area contributed by atoms with E-state index < -0.39 is 6.04 Å². The summed E-state index contributed by atoms with van der Waals surface area (Å²) in [6.07, 6.45) is 2.30. The summed E-state index contributed by atoms with van der Waals surface area (Å²) in [5.41, 5.74) is 0.733. The number of benzene rings is 1. The molecule has 1 unspecified atom stereocenters. The summed E-state index contributed by atoms with van der Waals surface area (Å²) in [5, 5.41) is 3.27. The SMILES string of the molecule is COc1cc(OC)cc(N2CCC(N(C)C(=O)C3CCNCC3)C2=O)c1. The van der Waals surface area contributed by atoms with Gasteiger partial charge >= 0.3 is 0 Å². The molecule has 0 aliphatic carbocycles. The molecule has 0 radical (unpaired) electrons. The molecule has 0 aromatic heterocycles. The van der Waals surface area contributed by atoms with Gasteiger partial charge in [0.15, 0.2) is 0 Å². The van der Waals surface area contributed by atoms with Crippen molar-refractivity contribution in [3.8, 4) is 11.5 Å². The highest BCUT2D eigenvalue weighted by molar-refractivity contribution is 6.01. The monoisotopic (exact) mass is 361 g/mol. The maximum atomic E-state index is 13.0. The Morgan fingerprint density at radius 1 is 1.12 bits per heavy atom. The molecule has 7 heteroatoms. The van der Waals surface area contributed by atoms with Crippen molar-refractivity contribution >= 4 is 17.5 Å². The van der Waals surface area contributed by atoms with Crippen molar-refractivity contribution in [1.82, 2.24) is 10.2 Å². The number of hydrogen-bond donors (Lipinski definition) is 1. The second-order valence-corrected chi connectivity index (χ2v) is 6.84. The fraction of sp³-hybridized carbons (Fsp3) is 0.579. The molecule has 0 spiro atoms. The van der Waals surface area contributed by atoms with Crippen molar-refractivity contribution < 1.29 is 19.1 Å². The van der Waals surface area contributed by atoms with E-state index in [4.69, 9.17) is 9.47 Å². The summed E-state index contributed by atoms with van der Waals surface area (Å²) >= 11 is 0. The second kappa shape index (κ2) is 7.95. The minimum Gasteiger partial charge on any atom is -0.497 e. The van der Waals surface area contributed by atoms with Crippen LogP contribution in [0.4, 0.5) is 5.69 Å². The van der Waals surface area contributed by atoms with E-state index in [-0.39, 0.29) is 17.7 Å². The van der Waals surface area contributed by atoms with Crippen LogP contribution in [-0.2, 0) is 9.59 Å². The van der Waals surface area contributed by atoms with Crippen molar-refractivity contribution in [2.24, 2.45) is 5.92 Å². The molecule has 7 nitrogen and oxygen atoms in total. The number of methoxy groups -OCH3 is 2. The third-order valence-corrected chi connectivity index (χ3v) is 5.33. The molecule has 1 N–H and O–H groups in total. The van der Waals surface area contributed by atoms with Crippen LogP contribution in [0.5, 0.6) is 11.5 Å². The molecule has 26 heavy (non-hydrogen) atoms. The lowest BCUT2D eigenvalue weighted by Gasteiger charge is -2.30. The molecule has 0 saturated carbocycles. The van der Waals surface area contributed by atoms with Crippen LogP contribution in [0.3, 0.4) is 0 Å². The summed E-state index contributed by atoms with van der Waals surface area (Å²) in [6, 6.07) is 5.00. The Bertz CT molecular complexity index is 650. The Kier molecular flexibility index (Phi) is 5.66. The number of nitrogens with one attached hydrogen (secondary N) is 1. The third kappa shape index (κ3) is 3.62. The molecule has 2 aliphatic heterocycles. The molecule has 2 saturated heterocycles. The largest absolute Gasteiger partial charge is 0.497 e. The van der Waals surface area contributed by atoms with Gasteiger partial charge in [0.1, 0.15) is 17.5 Å². The first-order chi connectivity index (χ1) is 12.5. The topological polar surface area (TPSA) is 71.1 Å². The summed E-state index contributed by atoms with van der Waals surface area (Å²) in [5.74, 6) is 1.31. The van der Waals surface area contributed by atoms with Crippen molar-refractivity contribution in [3.63, 3.8) is 0 Å². The number of carbonyl (C=O) groups excluding carboxylic acids is 2. The van der Waals surface area contributed by atoms with Crippen LogP contribution in [-0.4, -0.2) is 63.7 Å². The van der Waals surface area contributed by atoms with Crippen molar-refractivity contribution in [3.05, 3.63) is 18.2 Å². The van der Waals surface area contributed by atoms with E-state index in [1.807, 2.05) is 12.1 Å². The fourth-order valence-electron chi connectivity index (χ4n) is 3.74. The molecule has 2 amide bonds. The van der Waals surface area contributed by atoms with Gasteiger partial charge in [-0.05, 0) is 32.4 Å². The van der Waals surface area contributed by atoms with Gasteiger partial charge in [0.2, 0.25) is 11.8 Å². The van der Waals surface area contributed by atoms with Gasteiger partial charge in [-0.1, -0.05) is 0 Å². The number of ether oxygens (including phenoxy) is 2. The quantitative estimate of drug-likeness (QED) is 0.855. The molecule has 2 fully saturated rings. The summed E-state index contributed by atoms with van der Waals surface area (Å²) in [7, 11) is 4.92. The summed E-state index contributed by atoms with van der Waals surface area (Å²) < 4.78 is 10.6. The summed E-state index contributed by atoms with van der Waals surface area (Å²) in [6.45, 7) is 2.29. The number of hydrogen-bond acceptors (Lipinski definition) is 5. The molecule has 1 atom stereocenters. The smallest absolute Gasteiger partial charge is 0.249 e. The molecule has 1 aromatic carbocycles. The molecular formula is C19H27N3O4. The van der Waals surface area contributed by atoms with Crippen LogP contribution in [0.15, 0.2) is 18.2 Å². The van der Waals surface area contributed by atoms with Crippen LogP contribution >= 0.6 is 0 Å². The fourth-order valence-corrected chi connectivity index (χ4v) is 3.74. The number of amides is 2. The lowest BCUT2D eigenvalue weighted by atomic mass is 9.96. The zero-order chi connectivity index (χ0) is 18.7. The Morgan fingerprint density at radius 3 is 2.31 bits per heavy atom. The lowest BCUT2D eigenvalue weighted by Crippen LogP contribution is -2.47. The molecule has 142 valence electrons. The minimum absolute atomic E-state index is 0.0139. The van der Waals surface area contributed by atoms with Gasteiger partial charge in [0, 0.05) is 37.7 Å². The maximum Gasteiger partial charge on any atom is 0.249 e. The van der Waals surface area contributed by atoms with Crippen molar-refractivity contribution in [2.45, 2.75) is 25.3 Å². The van der Waals surface area contributed by atoms with Gasteiger partial charge < -0.3 is 24.6 Å². The second-order valence-electron chi connectivity index (χ2n) is 6.84. The van der Waals surface area contributed by atoms with Crippen LogP contribution < -0.4 is 19.7 Å². The average molecular weight is 361 g/mol. The highest BCUT2D eigenvalue weighted by atomic mass is 16.5. The number of nitrogens with zero attached hydrogens (tertiary/aromatic N) is 2. The molecule has 2 aliphatic rings. The average Bonchev–Trinajstić information content (AvgIpc) is 3.08. The van der Waals surface area contributed by atoms with E-state index in [0.717, 1.165) is 31.6 Å². The van der Waals surface area contributed by atoms with Gasteiger partial charge in [-0.3, -0.25) is 9.59 Å². The van der Waals surface area contributed by atoms with Crippen LogP contribution in [0.25, 0.3) is 0 Å². The van der Waals surface area contributed by atoms with E-state index in [2.05, 4.69) is 5.32 Å².